The minimum absolute atomic E-state index is 0.138. The maximum atomic E-state index is 12.9. The van der Waals surface area contributed by atoms with E-state index >= 15 is 0 Å². The topological polar surface area (TPSA) is 63.5 Å². The van der Waals surface area contributed by atoms with Crippen LogP contribution in [-0.4, -0.2) is 70.0 Å². The summed E-state index contributed by atoms with van der Waals surface area (Å²) in [5, 5.41) is 9.99. The van der Waals surface area contributed by atoms with Gasteiger partial charge in [0, 0.05) is 44.4 Å². The van der Waals surface area contributed by atoms with Crippen LogP contribution in [0.1, 0.15) is 37.1 Å². The van der Waals surface area contributed by atoms with Crippen molar-refractivity contribution in [2.24, 2.45) is 0 Å². The average molecular weight is 416 g/mol. The van der Waals surface area contributed by atoms with Crippen LogP contribution in [0.5, 0.6) is 0 Å². The Kier molecular flexibility index (Phi) is 6.71. The summed E-state index contributed by atoms with van der Waals surface area (Å²) in [6.45, 7) is 7.16. The molecule has 2 amide bonds. The van der Waals surface area contributed by atoms with Gasteiger partial charge >= 0.3 is 6.03 Å². The van der Waals surface area contributed by atoms with Gasteiger partial charge < -0.3 is 19.1 Å². The number of thioether (sulfide) groups is 1. The van der Waals surface area contributed by atoms with Crippen LogP contribution in [0, 0.1) is 0 Å². The highest BCUT2D eigenvalue weighted by Gasteiger charge is 2.31. The summed E-state index contributed by atoms with van der Waals surface area (Å²) in [5.41, 5.74) is 1.28. The zero-order valence-electron chi connectivity index (χ0n) is 17.0. The minimum Gasteiger partial charge on any atom is -0.378 e. The zero-order chi connectivity index (χ0) is 20.1. The Bertz CT molecular complexity index is 807. The first-order valence-electron chi connectivity index (χ1n) is 10.5. The number of piperidine rings is 1. The monoisotopic (exact) mass is 415 g/mol. The molecule has 0 saturated carbocycles. The van der Waals surface area contributed by atoms with Crippen molar-refractivity contribution in [3.8, 4) is 0 Å². The number of carbonyl (C=O) groups is 1. The molecule has 2 aliphatic rings. The van der Waals surface area contributed by atoms with Crippen molar-refractivity contribution in [2.45, 2.75) is 43.1 Å². The fourth-order valence-electron chi connectivity index (χ4n) is 4.04. The second-order valence-corrected chi connectivity index (χ2v) is 8.47. The normalized spacial score (nSPS) is 20.1. The van der Waals surface area contributed by atoms with E-state index in [9.17, 15) is 4.79 Å². The Morgan fingerprint density at radius 1 is 1.14 bits per heavy atom. The number of amides is 2. The van der Waals surface area contributed by atoms with Crippen molar-refractivity contribution >= 4 is 17.8 Å². The van der Waals surface area contributed by atoms with E-state index in [0.717, 1.165) is 49.2 Å². The number of ether oxygens (including phenoxy) is 1. The molecule has 7 nitrogen and oxygen atoms in total. The number of carbonyl (C=O) groups excluding carboxylic acids is 1. The molecule has 4 rings (SSSR count). The number of likely N-dealkylation sites (tertiary alicyclic amines) is 1. The fraction of sp³-hybridized carbons (Fsp3) is 0.571. The van der Waals surface area contributed by atoms with Crippen LogP contribution in [0.2, 0.25) is 0 Å². The van der Waals surface area contributed by atoms with Gasteiger partial charge in [0.2, 0.25) is 0 Å². The number of urea groups is 1. The summed E-state index contributed by atoms with van der Waals surface area (Å²) >= 11 is 1.73. The van der Waals surface area contributed by atoms with E-state index in [1.165, 1.54) is 5.56 Å². The summed E-state index contributed by atoms with van der Waals surface area (Å²) < 4.78 is 7.60. The van der Waals surface area contributed by atoms with Gasteiger partial charge in [0.15, 0.2) is 5.16 Å². The number of hydrogen-bond acceptors (Lipinski definition) is 5. The van der Waals surface area contributed by atoms with Crippen molar-refractivity contribution in [3.63, 3.8) is 0 Å². The predicted octanol–water partition coefficient (Wildman–Crippen LogP) is 3.22. The van der Waals surface area contributed by atoms with E-state index in [4.69, 9.17) is 4.74 Å². The number of rotatable bonds is 5. The molecule has 8 heteroatoms. The van der Waals surface area contributed by atoms with Crippen LogP contribution in [0.3, 0.4) is 0 Å². The van der Waals surface area contributed by atoms with Crippen LogP contribution >= 0.6 is 11.8 Å². The smallest absolute Gasteiger partial charge is 0.320 e. The van der Waals surface area contributed by atoms with Gasteiger partial charge in [0.05, 0.1) is 13.2 Å². The summed E-state index contributed by atoms with van der Waals surface area (Å²) in [6, 6.07) is 10.6. The fourth-order valence-corrected chi connectivity index (χ4v) is 5.01. The van der Waals surface area contributed by atoms with Crippen LogP contribution in [0.15, 0.2) is 35.5 Å². The van der Waals surface area contributed by atoms with Gasteiger partial charge in [-0.15, -0.1) is 10.2 Å². The Labute approximate surface area is 176 Å². The molecule has 3 heterocycles. The van der Waals surface area contributed by atoms with Gasteiger partial charge in [-0.05, 0) is 25.3 Å². The third-order valence-electron chi connectivity index (χ3n) is 5.61. The first kappa shape index (κ1) is 20.2. The Morgan fingerprint density at radius 2 is 1.93 bits per heavy atom. The van der Waals surface area contributed by atoms with Crippen LogP contribution < -0.4 is 0 Å². The first-order chi connectivity index (χ1) is 14.3. The molecule has 2 fully saturated rings. The number of benzene rings is 1. The molecule has 1 atom stereocenters. The SMILES string of the molecule is CCn1c(SCc2ccccc2)nnc1[C@H]1CCCN(C(=O)N2CCOCC2)C1. The predicted molar refractivity (Wildman–Crippen MR) is 113 cm³/mol. The van der Waals surface area contributed by atoms with Gasteiger partial charge in [-0.25, -0.2) is 4.79 Å². The van der Waals surface area contributed by atoms with Crippen molar-refractivity contribution in [1.29, 1.82) is 0 Å². The van der Waals surface area contributed by atoms with E-state index in [1.54, 1.807) is 11.8 Å². The molecular weight excluding hydrogens is 386 g/mol. The lowest BCUT2D eigenvalue weighted by Gasteiger charge is -2.37. The Balaban J connectivity index is 1.43. The number of nitrogens with zero attached hydrogens (tertiary/aromatic N) is 5. The lowest BCUT2D eigenvalue weighted by Crippen LogP contribution is -2.50. The zero-order valence-corrected chi connectivity index (χ0v) is 17.8. The minimum atomic E-state index is 0.138. The third-order valence-corrected chi connectivity index (χ3v) is 6.65. The van der Waals surface area contributed by atoms with Crippen molar-refractivity contribution in [1.82, 2.24) is 24.6 Å². The molecule has 0 aliphatic carbocycles. The van der Waals surface area contributed by atoms with Gasteiger partial charge in [-0.2, -0.15) is 0 Å². The average Bonchev–Trinajstić information content (AvgIpc) is 3.21. The molecule has 2 aromatic rings. The molecule has 1 aromatic carbocycles. The van der Waals surface area contributed by atoms with E-state index in [0.29, 0.717) is 26.3 Å². The van der Waals surface area contributed by atoms with E-state index in [1.807, 2.05) is 15.9 Å². The lowest BCUT2D eigenvalue weighted by atomic mass is 9.97. The summed E-state index contributed by atoms with van der Waals surface area (Å²) in [7, 11) is 0. The standard InChI is InChI=1S/C21H29N5O2S/c1-2-26-19(22-23-20(26)29-16-17-7-4-3-5-8-17)18-9-6-10-25(15-18)21(27)24-11-13-28-14-12-24/h3-5,7-8,18H,2,6,9-16H2,1H3/t18-/m0/s1. The molecule has 0 spiro atoms. The van der Waals surface area contributed by atoms with Crippen molar-refractivity contribution < 1.29 is 9.53 Å². The second kappa shape index (κ2) is 9.63. The van der Waals surface area contributed by atoms with E-state index < -0.39 is 0 Å². The van der Waals surface area contributed by atoms with Crippen molar-refractivity contribution in [3.05, 3.63) is 41.7 Å². The molecule has 0 unspecified atom stereocenters. The van der Waals surface area contributed by atoms with Gasteiger partial charge in [-0.1, -0.05) is 42.1 Å². The number of aromatic nitrogens is 3. The maximum absolute atomic E-state index is 12.9. The Hall–Kier alpha value is -2.06. The largest absolute Gasteiger partial charge is 0.378 e. The summed E-state index contributed by atoms with van der Waals surface area (Å²) in [6.07, 6.45) is 2.05. The lowest BCUT2D eigenvalue weighted by molar-refractivity contribution is 0.0406. The third kappa shape index (κ3) is 4.75. The molecule has 0 N–H and O–H groups in total. The molecule has 1 aromatic heterocycles. The quantitative estimate of drug-likeness (QED) is 0.702. The highest BCUT2D eigenvalue weighted by atomic mass is 32.2. The van der Waals surface area contributed by atoms with Gasteiger partial charge in [-0.3, -0.25) is 0 Å². The number of morpholine rings is 1. The first-order valence-corrected chi connectivity index (χ1v) is 11.5. The highest BCUT2D eigenvalue weighted by Crippen LogP contribution is 2.30. The van der Waals surface area contributed by atoms with Crippen molar-refractivity contribution in [2.75, 3.05) is 39.4 Å². The molecular formula is C21H29N5O2S. The molecule has 0 radical (unpaired) electrons. The Morgan fingerprint density at radius 3 is 2.69 bits per heavy atom. The van der Waals surface area contributed by atoms with Crippen LogP contribution in [0.25, 0.3) is 0 Å². The molecule has 29 heavy (non-hydrogen) atoms. The van der Waals surface area contributed by atoms with Crippen LogP contribution in [0.4, 0.5) is 4.79 Å². The molecule has 0 bridgehead atoms. The van der Waals surface area contributed by atoms with Gasteiger partial charge in [0.25, 0.3) is 0 Å². The van der Waals surface area contributed by atoms with E-state index in [-0.39, 0.29) is 11.9 Å². The van der Waals surface area contributed by atoms with E-state index in [2.05, 4.69) is 46.0 Å². The number of hydrogen-bond donors (Lipinski definition) is 0. The second-order valence-electron chi connectivity index (χ2n) is 7.53. The summed E-state index contributed by atoms with van der Waals surface area (Å²) in [4.78, 5) is 16.8. The molecule has 2 aliphatic heterocycles. The summed E-state index contributed by atoms with van der Waals surface area (Å²) in [5.74, 6) is 2.14. The van der Waals surface area contributed by atoms with Crippen LogP contribution in [-0.2, 0) is 17.0 Å². The molecule has 156 valence electrons. The van der Waals surface area contributed by atoms with Gasteiger partial charge in [0.1, 0.15) is 5.82 Å². The maximum Gasteiger partial charge on any atom is 0.320 e. The highest BCUT2D eigenvalue weighted by molar-refractivity contribution is 7.98. The molecule has 2 saturated heterocycles.